The Hall–Kier alpha value is -2.89. The smallest absolute Gasteiger partial charge is 0.261 e. The van der Waals surface area contributed by atoms with Gasteiger partial charge in [0.25, 0.3) is 5.56 Å². The van der Waals surface area contributed by atoms with Gasteiger partial charge in [-0.1, -0.05) is 6.07 Å². The quantitative estimate of drug-likeness (QED) is 0.719. The van der Waals surface area contributed by atoms with Crippen LogP contribution in [0.5, 0.6) is 11.5 Å². The predicted molar refractivity (Wildman–Crippen MR) is 82.3 cm³/mol. The Morgan fingerprint density at radius 2 is 2.09 bits per heavy atom. The van der Waals surface area contributed by atoms with Crippen molar-refractivity contribution in [3.8, 4) is 11.5 Å². The zero-order valence-electron chi connectivity index (χ0n) is 12.1. The highest BCUT2D eigenvalue weighted by Crippen LogP contribution is 2.18. The van der Waals surface area contributed by atoms with Crippen molar-refractivity contribution in [3.63, 3.8) is 0 Å². The first-order valence-electron chi connectivity index (χ1n) is 6.84. The SMILES string of the molecule is COc1cccc(OCCn2cnc3cnccc3c2=O)c1. The van der Waals surface area contributed by atoms with Crippen LogP contribution in [0.4, 0.5) is 0 Å². The molecule has 2 aromatic heterocycles. The summed E-state index contributed by atoms with van der Waals surface area (Å²) in [6.07, 6.45) is 4.68. The normalized spacial score (nSPS) is 10.6. The van der Waals surface area contributed by atoms with E-state index in [-0.39, 0.29) is 5.56 Å². The highest BCUT2D eigenvalue weighted by atomic mass is 16.5. The van der Waals surface area contributed by atoms with Crippen molar-refractivity contribution in [2.45, 2.75) is 6.54 Å². The number of ether oxygens (including phenoxy) is 2. The predicted octanol–water partition coefficient (Wildman–Crippen LogP) is 1.88. The highest BCUT2D eigenvalue weighted by molar-refractivity contribution is 5.75. The molecule has 0 radical (unpaired) electrons. The van der Waals surface area contributed by atoms with Crippen LogP contribution in [0.3, 0.4) is 0 Å². The second-order valence-electron chi connectivity index (χ2n) is 4.66. The highest BCUT2D eigenvalue weighted by Gasteiger charge is 2.04. The number of hydrogen-bond donors (Lipinski definition) is 0. The lowest BCUT2D eigenvalue weighted by molar-refractivity contribution is 0.294. The van der Waals surface area contributed by atoms with Gasteiger partial charge in [0.2, 0.25) is 0 Å². The molecule has 0 unspecified atom stereocenters. The molecule has 2 heterocycles. The van der Waals surface area contributed by atoms with Crippen molar-refractivity contribution in [1.82, 2.24) is 14.5 Å². The fourth-order valence-electron chi connectivity index (χ4n) is 2.12. The van der Waals surface area contributed by atoms with E-state index in [1.807, 2.05) is 18.2 Å². The van der Waals surface area contributed by atoms with Gasteiger partial charge in [0.15, 0.2) is 0 Å². The average molecular weight is 297 g/mol. The number of nitrogens with zero attached hydrogens (tertiary/aromatic N) is 3. The number of benzene rings is 1. The molecular formula is C16H15N3O3. The van der Waals surface area contributed by atoms with Crippen molar-refractivity contribution in [1.29, 1.82) is 0 Å². The minimum Gasteiger partial charge on any atom is -0.497 e. The van der Waals surface area contributed by atoms with Crippen LogP contribution < -0.4 is 15.0 Å². The van der Waals surface area contributed by atoms with Crippen LogP contribution in [-0.2, 0) is 6.54 Å². The second kappa shape index (κ2) is 6.26. The molecular weight excluding hydrogens is 282 g/mol. The number of methoxy groups -OCH3 is 1. The van der Waals surface area contributed by atoms with E-state index in [0.717, 1.165) is 5.75 Å². The maximum atomic E-state index is 12.3. The van der Waals surface area contributed by atoms with Crippen LogP contribution >= 0.6 is 0 Å². The summed E-state index contributed by atoms with van der Waals surface area (Å²) in [7, 11) is 1.61. The molecule has 3 aromatic rings. The number of rotatable bonds is 5. The molecule has 0 bridgehead atoms. The molecule has 3 rings (SSSR count). The molecule has 22 heavy (non-hydrogen) atoms. The van der Waals surface area contributed by atoms with E-state index in [0.29, 0.717) is 29.8 Å². The zero-order valence-corrected chi connectivity index (χ0v) is 12.1. The molecule has 0 aliphatic rings. The van der Waals surface area contributed by atoms with E-state index in [2.05, 4.69) is 9.97 Å². The van der Waals surface area contributed by atoms with Gasteiger partial charge in [-0.05, 0) is 18.2 Å². The Morgan fingerprint density at radius 1 is 1.23 bits per heavy atom. The summed E-state index contributed by atoms with van der Waals surface area (Å²) in [6.45, 7) is 0.784. The Kier molecular flexibility index (Phi) is 4.00. The lowest BCUT2D eigenvalue weighted by Gasteiger charge is -2.09. The lowest BCUT2D eigenvalue weighted by atomic mass is 10.3. The summed E-state index contributed by atoms with van der Waals surface area (Å²) in [4.78, 5) is 20.5. The molecule has 0 aliphatic carbocycles. The zero-order chi connectivity index (χ0) is 15.4. The summed E-state index contributed by atoms with van der Waals surface area (Å²) in [5, 5.41) is 0.555. The first-order valence-corrected chi connectivity index (χ1v) is 6.84. The van der Waals surface area contributed by atoms with Gasteiger partial charge in [-0.25, -0.2) is 4.98 Å². The minimum absolute atomic E-state index is 0.0957. The third-order valence-electron chi connectivity index (χ3n) is 3.27. The maximum absolute atomic E-state index is 12.3. The third-order valence-corrected chi connectivity index (χ3v) is 3.27. The second-order valence-corrected chi connectivity index (χ2v) is 4.66. The largest absolute Gasteiger partial charge is 0.497 e. The molecule has 0 saturated heterocycles. The molecule has 0 N–H and O–H groups in total. The maximum Gasteiger partial charge on any atom is 0.261 e. The molecule has 0 saturated carbocycles. The van der Waals surface area contributed by atoms with Gasteiger partial charge >= 0.3 is 0 Å². The van der Waals surface area contributed by atoms with E-state index in [9.17, 15) is 4.79 Å². The van der Waals surface area contributed by atoms with E-state index >= 15 is 0 Å². The van der Waals surface area contributed by atoms with E-state index in [1.165, 1.54) is 10.9 Å². The summed E-state index contributed by atoms with van der Waals surface area (Å²) in [5.41, 5.74) is 0.499. The monoisotopic (exact) mass is 297 g/mol. The fourth-order valence-corrected chi connectivity index (χ4v) is 2.12. The molecule has 6 heteroatoms. The van der Waals surface area contributed by atoms with E-state index in [4.69, 9.17) is 9.47 Å². The molecule has 6 nitrogen and oxygen atoms in total. The van der Waals surface area contributed by atoms with Gasteiger partial charge in [0.05, 0.1) is 37.1 Å². The minimum atomic E-state index is -0.0957. The van der Waals surface area contributed by atoms with Gasteiger partial charge in [-0.15, -0.1) is 0 Å². The Labute approximate surface area is 127 Å². The van der Waals surface area contributed by atoms with Gasteiger partial charge in [0, 0.05) is 12.3 Å². The van der Waals surface area contributed by atoms with Crippen molar-refractivity contribution in [3.05, 3.63) is 59.4 Å². The first-order chi connectivity index (χ1) is 10.8. The molecule has 1 aromatic carbocycles. The Balaban J connectivity index is 1.71. The van der Waals surface area contributed by atoms with Crippen LogP contribution in [-0.4, -0.2) is 28.3 Å². The standard InChI is InChI=1S/C16H15N3O3/c1-21-12-3-2-4-13(9-12)22-8-7-19-11-18-15-10-17-6-5-14(15)16(19)20/h2-6,9-11H,7-8H2,1H3. The average Bonchev–Trinajstić information content (AvgIpc) is 2.57. The van der Waals surface area contributed by atoms with Crippen LogP contribution in [0.25, 0.3) is 10.9 Å². The van der Waals surface area contributed by atoms with Gasteiger partial charge in [-0.3, -0.25) is 14.3 Å². The van der Waals surface area contributed by atoms with Crippen molar-refractivity contribution in [2.24, 2.45) is 0 Å². The van der Waals surface area contributed by atoms with Gasteiger partial charge < -0.3 is 9.47 Å². The van der Waals surface area contributed by atoms with Crippen LogP contribution in [0.2, 0.25) is 0 Å². The summed E-state index contributed by atoms with van der Waals surface area (Å²) in [5.74, 6) is 1.43. The molecule has 0 fully saturated rings. The van der Waals surface area contributed by atoms with Gasteiger partial charge in [0.1, 0.15) is 18.1 Å². The number of pyridine rings is 1. The molecule has 0 spiro atoms. The van der Waals surface area contributed by atoms with Gasteiger partial charge in [-0.2, -0.15) is 0 Å². The topological polar surface area (TPSA) is 66.2 Å². The number of aromatic nitrogens is 3. The molecule has 0 aliphatic heterocycles. The number of fused-ring (bicyclic) bond motifs is 1. The van der Waals surface area contributed by atoms with E-state index in [1.54, 1.807) is 31.6 Å². The van der Waals surface area contributed by atoms with Crippen molar-refractivity contribution in [2.75, 3.05) is 13.7 Å². The summed E-state index contributed by atoms with van der Waals surface area (Å²) in [6, 6.07) is 9.01. The molecule has 0 amide bonds. The Bertz CT molecular complexity index is 845. The van der Waals surface area contributed by atoms with Crippen molar-refractivity contribution < 1.29 is 9.47 Å². The lowest BCUT2D eigenvalue weighted by Crippen LogP contribution is -2.23. The summed E-state index contributed by atoms with van der Waals surface area (Å²) >= 11 is 0. The number of hydrogen-bond acceptors (Lipinski definition) is 5. The van der Waals surface area contributed by atoms with Crippen LogP contribution in [0, 0.1) is 0 Å². The van der Waals surface area contributed by atoms with Crippen LogP contribution in [0.15, 0.2) is 53.8 Å². The van der Waals surface area contributed by atoms with E-state index < -0.39 is 0 Å². The van der Waals surface area contributed by atoms with Crippen molar-refractivity contribution >= 4 is 10.9 Å². The third kappa shape index (κ3) is 2.90. The fraction of sp³-hybridized carbons (Fsp3) is 0.188. The molecule has 112 valence electrons. The Morgan fingerprint density at radius 3 is 2.95 bits per heavy atom. The first kappa shape index (κ1) is 14.1. The van der Waals surface area contributed by atoms with Crippen LogP contribution in [0.1, 0.15) is 0 Å². The summed E-state index contributed by atoms with van der Waals surface area (Å²) < 4.78 is 12.3. The molecule has 0 atom stereocenters.